The van der Waals surface area contributed by atoms with Gasteiger partial charge in [0.1, 0.15) is 0 Å². The van der Waals surface area contributed by atoms with E-state index in [0.717, 1.165) is 20.9 Å². The van der Waals surface area contributed by atoms with E-state index in [1.54, 1.807) is 0 Å². The normalized spacial score (nSPS) is 10.7. The van der Waals surface area contributed by atoms with Crippen LogP contribution >= 0.6 is 15.9 Å². The molecule has 3 nitrogen and oxygen atoms in total. The number of rotatable bonds is 1. The van der Waals surface area contributed by atoms with E-state index in [2.05, 4.69) is 20.9 Å². The van der Waals surface area contributed by atoms with Crippen molar-refractivity contribution in [3.63, 3.8) is 0 Å². The number of hydrogen-bond donors (Lipinski definition) is 2. The van der Waals surface area contributed by atoms with Gasteiger partial charge >= 0.3 is 5.97 Å². The van der Waals surface area contributed by atoms with E-state index in [4.69, 9.17) is 5.11 Å². The van der Waals surface area contributed by atoms with E-state index in [-0.39, 0.29) is 0 Å². The molecule has 0 amide bonds. The lowest BCUT2D eigenvalue weighted by atomic mass is 10.1. The second kappa shape index (κ2) is 3.13. The summed E-state index contributed by atoms with van der Waals surface area (Å²) in [6.07, 6.45) is 1.51. The van der Waals surface area contributed by atoms with E-state index < -0.39 is 5.97 Å². The molecule has 0 atom stereocenters. The number of halogens is 1. The number of H-pyrrole nitrogens is 1. The van der Waals surface area contributed by atoms with Crippen LogP contribution in [0.3, 0.4) is 0 Å². The highest BCUT2D eigenvalue weighted by Gasteiger charge is 2.13. The Morgan fingerprint density at radius 1 is 1.50 bits per heavy atom. The van der Waals surface area contributed by atoms with Crippen molar-refractivity contribution in [1.29, 1.82) is 0 Å². The molecule has 0 aliphatic rings. The number of nitrogens with one attached hydrogen (secondary N) is 1. The maximum absolute atomic E-state index is 10.9. The molecule has 0 aliphatic carbocycles. The third-order valence-corrected chi connectivity index (χ3v) is 3.23. The number of aromatic nitrogens is 1. The molecular formula is C10H8BrNO2. The van der Waals surface area contributed by atoms with Crippen molar-refractivity contribution in [3.8, 4) is 0 Å². The Morgan fingerprint density at radius 2 is 2.21 bits per heavy atom. The van der Waals surface area contributed by atoms with Gasteiger partial charge in [-0.25, -0.2) is 4.79 Å². The number of aromatic amines is 1. The highest BCUT2D eigenvalue weighted by Crippen LogP contribution is 2.29. The molecule has 72 valence electrons. The van der Waals surface area contributed by atoms with E-state index in [9.17, 15) is 4.79 Å². The number of hydrogen-bond acceptors (Lipinski definition) is 1. The molecule has 0 saturated carbocycles. The predicted octanol–water partition coefficient (Wildman–Crippen LogP) is 2.94. The van der Waals surface area contributed by atoms with Gasteiger partial charge in [-0.3, -0.25) is 0 Å². The topological polar surface area (TPSA) is 53.1 Å². The quantitative estimate of drug-likeness (QED) is 0.821. The van der Waals surface area contributed by atoms with Crippen molar-refractivity contribution in [2.75, 3.05) is 0 Å². The van der Waals surface area contributed by atoms with Crippen LogP contribution in [0.2, 0.25) is 0 Å². The molecule has 0 spiro atoms. The minimum Gasteiger partial charge on any atom is -0.478 e. The summed E-state index contributed by atoms with van der Waals surface area (Å²) in [5, 5.41) is 9.68. The number of carboxylic acids is 1. The van der Waals surface area contributed by atoms with Crippen LogP contribution in [0.25, 0.3) is 10.9 Å². The van der Waals surface area contributed by atoms with Crippen molar-refractivity contribution >= 4 is 32.8 Å². The number of fused-ring (bicyclic) bond motifs is 1. The fraction of sp³-hybridized carbons (Fsp3) is 0.100. The second-order valence-electron chi connectivity index (χ2n) is 3.13. The molecule has 2 N–H and O–H groups in total. The van der Waals surface area contributed by atoms with E-state index >= 15 is 0 Å². The lowest BCUT2D eigenvalue weighted by Gasteiger charge is -2.00. The van der Waals surface area contributed by atoms with Gasteiger partial charge in [-0.2, -0.15) is 0 Å². The largest absolute Gasteiger partial charge is 0.478 e. The highest BCUT2D eigenvalue weighted by atomic mass is 79.9. The molecule has 0 bridgehead atoms. The molecule has 2 rings (SSSR count). The predicted molar refractivity (Wildman–Crippen MR) is 57.7 cm³/mol. The van der Waals surface area contributed by atoms with Gasteiger partial charge in [0.05, 0.1) is 5.56 Å². The third kappa shape index (κ3) is 1.23. The first-order chi connectivity index (χ1) is 6.61. The van der Waals surface area contributed by atoms with Gasteiger partial charge in [0, 0.05) is 21.6 Å². The molecule has 1 aromatic heterocycles. The summed E-state index contributed by atoms with van der Waals surface area (Å²) in [6.45, 7) is 1.93. The molecule has 14 heavy (non-hydrogen) atoms. The van der Waals surface area contributed by atoms with Crippen LogP contribution in [0.5, 0.6) is 0 Å². The Hall–Kier alpha value is -1.29. The Morgan fingerprint density at radius 3 is 2.86 bits per heavy atom. The van der Waals surface area contributed by atoms with Crippen molar-refractivity contribution in [1.82, 2.24) is 4.98 Å². The summed E-state index contributed by atoms with van der Waals surface area (Å²) in [7, 11) is 0. The maximum Gasteiger partial charge on any atom is 0.337 e. The van der Waals surface area contributed by atoms with E-state index in [0.29, 0.717) is 5.56 Å². The van der Waals surface area contributed by atoms with Crippen LogP contribution in [0, 0.1) is 6.92 Å². The summed E-state index contributed by atoms with van der Waals surface area (Å²) in [6, 6.07) is 3.82. The number of aromatic carboxylic acids is 1. The molecule has 4 heteroatoms. The fourth-order valence-electron chi connectivity index (χ4n) is 1.45. The lowest BCUT2D eigenvalue weighted by Crippen LogP contribution is -1.94. The molecular weight excluding hydrogens is 246 g/mol. The smallest absolute Gasteiger partial charge is 0.337 e. The Kier molecular flexibility index (Phi) is 2.07. The summed E-state index contributed by atoms with van der Waals surface area (Å²) in [5.74, 6) is -0.914. The minimum atomic E-state index is -0.914. The number of benzene rings is 1. The first kappa shape index (κ1) is 9.27. The SMILES string of the molecule is Cc1ccc2[nH]cc(C(=O)O)c2c1Br. The molecule has 1 heterocycles. The molecule has 0 unspecified atom stereocenters. The molecule has 0 saturated heterocycles. The Balaban J connectivity index is 2.89. The second-order valence-corrected chi connectivity index (χ2v) is 3.92. The number of carboxylic acid groups (broad SMARTS) is 1. The molecule has 0 fully saturated rings. The molecule has 1 aromatic carbocycles. The Bertz CT molecular complexity index is 516. The third-order valence-electron chi connectivity index (χ3n) is 2.21. The minimum absolute atomic E-state index is 0.301. The maximum atomic E-state index is 10.9. The zero-order chi connectivity index (χ0) is 10.3. The molecule has 2 aromatic rings. The van der Waals surface area contributed by atoms with Crippen molar-refractivity contribution < 1.29 is 9.90 Å². The Labute approximate surface area is 88.9 Å². The van der Waals surface area contributed by atoms with Gasteiger partial charge in [-0.1, -0.05) is 6.07 Å². The van der Waals surface area contributed by atoms with Crippen LogP contribution in [0.15, 0.2) is 22.8 Å². The van der Waals surface area contributed by atoms with Crippen LogP contribution in [-0.2, 0) is 0 Å². The van der Waals surface area contributed by atoms with Crippen LogP contribution in [0.4, 0.5) is 0 Å². The highest BCUT2D eigenvalue weighted by molar-refractivity contribution is 9.10. The van der Waals surface area contributed by atoms with Crippen molar-refractivity contribution in [2.45, 2.75) is 6.92 Å². The summed E-state index contributed by atoms with van der Waals surface area (Å²) in [5.41, 5.74) is 2.16. The van der Waals surface area contributed by atoms with Gasteiger partial charge in [-0.15, -0.1) is 0 Å². The first-order valence-corrected chi connectivity index (χ1v) is 4.90. The van der Waals surface area contributed by atoms with E-state index in [1.165, 1.54) is 6.20 Å². The fourth-order valence-corrected chi connectivity index (χ4v) is 2.01. The van der Waals surface area contributed by atoms with Gasteiger partial charge in [0.25, 0.3) is 0 Å². The first-order valence-electron chi connectivity index (χ1n) is 4.10. The number of carbonyl (C=O) groups is 1. The lowest BCUT2D eigenvalue weighted by molar-refractivity contribution is 0.0699. The standard InChI is InChI=1S/C10H8BrNO2/c1-5-2-3-7-8(9(5)11)6(4-12-7)10(13)14/h2-4,12H,1H3,(H,13,14). The van der Waals surface area contributed by atoms with Gasteiger partial charge < -0.3 is 10.1 Å². The molecule has 0 aliphatic heterocycles. The van der Waals surface area contributed by atoms with Crippen LogP contribution in [-0.4, -0.2) is 16.1 Å². The summed E-state index contributed by atoms with van der Waals surface area (Å²) in [4.78, 5) is 13.8. The zero-order valence-corrected chi connectivity index (χ0v) is 9.05. The van der Waals surface area contributed by atoms with E-state index in [1.807, 2.05) is 19.1 Å². The van der Waals surface area contributed by atoms with Crippen molar-refractivity contribution in [2.24, 2.45) is 0 Å². The average molecular weight is 254 g/mol. The van der Waals surface area contributed by atoms with Gasteiger partial charge in [0.2, 0.25) is 0 Å². The average Bonchev–Trinajstić information content (AvgIpc) is 2.55. The summed E-state index contributed by atoms with van der Waals surface area (Å²) >= 11 is 3.40. The zero-order valence-electron chi connectivity index (χ0n) is 7.47. The molecule has 0 radical (unpaired) electrons. The monoisotopic (exact) mass is 253 g/mol. The van der Waals surface area contributed by atoms with Gasteiger partial charge in [0.15, 0.2) is 0 Å². The number of aryl methyl sites for hydroxylation is 1. The van der Waals surface area contributed by atoms with Gasteiger partial charge in [-0.05, 0) is 34.5 Å². The van der Waals surface area contributed by atoms with Crippen LogP contribution < -0.4 is 0 Å². The van der Waals surface area contributed by atoms with Crippen LogP contribution in [0.1, 0.15) is 15.9 Å². The van der Waals surface area contributed by atoms with Crippen molar-refractivity contribution in [3.05, 3.63) is 33.9 Å². The summed E-state index contributed by atoms with van der Waals surface area (Å²) < 4.78 is 0.841.